The minimum atomic E-state index is -0.284. The average molecular weight is 474 g/mol. The molecule has 0 saturated heterocycles. The molecular formula is C27H31N5O3. The molecule has 0 aliphatic heterocycles. The lowest BCUT2D eigenvalue weighted by Gasteiger charge is -2.13. The zero-order valence-electron chi connectivity index (χ0n) is 20.8. The fourth-order valence-electron chi connectivity index (χ4n) is 4.30. The number of imidazole rings is 1. The van der Waals surface area contributed by atoms with Crippen LogP contribution in [0.1, 0.15) is 66.1 Å². The summed E-state index contributed by atoms with van der Waals surface area (Å²) in [5, 5.41) is 2.96. The number of rotatable bonds is 8. The molecule has 4 aromatic rings. The van der Waals surface area contributed by atoms with Gasteiger partial charge in [-0.3, -0.25) is 14.0 Å². The molecule has 0 fully saturated rings. The molecule has 0 unspecified atom stereocenters. The van der Waals surface area contributed by atoms with Crippen LogP contribution in [0.4, 0.5) is 0 Å². The number of H-pyrrole nitrogens is 1. The smallest absolute Gasteiger partial charge is 0.268 e. The number of hydrogen-bond acceptors (Lipinski definition) is 5. The lowest BCUT2D eigenvalue weighted by atomic mass is 10.0. The van der Waals surface area contributed by atoms with Crippen LogP contribution in [0.15, 0.2) is 47.7 Å². The molecule has 0 aliphatic rings. The lowest BCUT2D eigenvalue weighted by molar-refractivity contribution is 0.0944. The van der Waals surface area contributed by atoms with E-state index in [1.54, 1.807) is 30.1 Å². The Labute approximate surface area is 204 Å². The number of aromatic amines is 1. The molecule has 0 aromatic carbocycles. The van der Waals surface area contributed by atoms with Gasteiger partial charge >= 0.3 is 0 Å². The maximum absolute atomic E-state index is 13.4. The van der Waals surface area contributed by atoms with Crippen molar-refractivity contribution in [2.24, 2.45) is 0 Å². The molecule has 8 heteroatoms. The zero-order chi connectivity index (χ0) is 25.1. The van der Waals surface area contributed by atoms with Gasteiger partial charge in [-0.1, -0.05) is 27.2 Å². The van der Waals surface area contributed by atoms with Crippen LogP contribution in [0.2, 0.25) is 0 Å². The molecule has 0 spiro atoms. The summed E-state index contributed by atoms with van der Waals surface area (Å²) in [4.78, 5) is 37.8. The summed E-state index contributed by atoms with van der Waals surface area (Å²) in [6.45, 7) is 8.22. The second-order valence-corrected chi connectivity index (χ2v) is 8.98. The summed E-state index contributed by atoms with van der Waals surface area (Å²) in [5.74, 6) is 0.419. The summed E-state index contributed by atoms with van der Waals surface area (Å²) in [7, 11) is 1.57. The topological polar surface area (TPSA) is 101 Å². The second-order valence-electron chi connectivity index (χ2n) is 8.98. The van der Waals surface area contributed by atoms with E-state index in [9.17, 15) is 9.59 Å². The fraction of sp³-hybridized carbons (Fsp3) is 0.333. The van der Waals surface area contributed by atoms with Crippen LogP contribution in [0.3, 0.4) is 0 Å². The highest BCUT2D eigenvalue weighted by Crippen LogP contribution is 2.28. The number of carbonyl (C=O) groups excluding carboxylic acids is 1. The lowest BCUT2D eigenvalue weighted by Crippen LogP contribution is -2.29. The van der Waals surface area contributed by atoms with Crippen LogP contribution in [0.5, 0.6) is 5.88 Å². The number of hydrogen-bond donors (Lipinski definition) is 2. The maximum atomic E-state index is 13.4. The molecule has 182 valence electrons. The summed E-state index contributed by atoms with van der Waals surface area (Å²) in [5.41, 5.74) is 6.11. The van der Waals surface area contributed by atoms with Crippen LogP contribution in [-0.2, 0) is 13.0 Å². The van der Waals surface area contributed by atoms with Gasteiger partial charge in [0.2, 0.25) is 5.88 Å². The Balaban J connectivity index is 1.74. The van der Waals surface area contributed by atoms with Crippen molar-refractivity contribution >= 4 is 11.4 Å². The number of aromatic nitrogens is 4. The normalized spacial score (nSPS) is 11.3. The number of nitrogens with one attached hydrogen (secondary N) is 2. The van der Waals surface area contributed by atoms with Crippen molar-refractivity contribution in [2.75, 3.05) is 7.11 Å². The highest BCUT2D eigenvalue weighted by atomic mass is 16.5. The van der Waals surface area contributed by atoms with Crippen LogP contribution < -0.4 is 15.6 Å². The van der Waals surface area contributed by atoms with E-state index in [2.05, 4.69) is 41.0 Å². The molecule has 0 aliphatic carbocycles. The second kappa shape index (κ2) is 10.1. The minimum absolute atomic E-state index is 0.144. The van der Waals surface area contributed by atoms with Crippen molar-refractivity contribution < 1.29 is 9.53 Å². The molecule has 4 rings (SSSR count). The van der Waals surface area contributed by atoms with Crippen molar-refractivity contribution in [1.29, 1.82) is 0 Å². The minimum Gasteiger partial charge on any atom is -0.481 e. The average Bonchev–Trinajstić information content (AvgIpc) is 3.27. The molecule has 8 nitrogen and oxygen atoms in total. The van der Waals surface area contributed by atoms with Gasteiger partial charge in [-0.05, 0) is 54.7 Å². The third-order valence-electron chi connectivity index (χ3n) is 6.04. The van der Waals surface area contributed by atoms with Crippen LogP contribution in [0.25, 0.3) is 16.6 Å². The first-order valence-electron chi connectivity index (χ1n) is 11.8. The van der Waals surface area contributed by atoms with E-state index in [0.717, 1.165) is 46.4 Å². The Morgan fingerprint density at radius 2 is 1.97 bits per heavy atom. The third-order valence-corrected chi connectivity index (χ3v) is 6.04. The van der Waals surface area contributed by atoms with E-state index < -0.39 is 0 Å². The Hall–Kier alpha value is -3.94. The van der Waals surface area contributed by atoms with Crippen molar-refractivity contribution in [2.45, 2.75) is 53.0 Å². The van der Waals surface area contributed by atoms with E-state index in [-0.39, 0.29) is 23.9 Å². The van der Waals surface area contributed by atoms with Gasteiger partial charge < -0.3 is 15.0 Å². The van der Waals surface area contributed by atoms with E-state index >= 15 is 0 Å². The van der Waals surface area contributed by atoms with Crippen molar-refractivity contribution in [3.63, 3.8) is 0 Å². The Morgan fingerprint density at radius 1 is 1.17 bits per heavy atom. The van der Waals surface area contributed by atoms with Gasteiger partial charge in [0.15, 0.2) is 0 Å². The van der Waals surface area contributed by atoms with Crippen molar-refractivity contribution in [3.8, 4) is 17.0 Å². The molecule has 4 heterocycles. The number of nitrogens with zero attached hydrogens (tertiary/aromatic N) is 3. The highest BCUT2D eigenvalue weighted by Gasteiger charge is 2.18. The molecule has 1 amide bonds. The van der Waals surface area contributed by atoms with Gasteiger partial charge in [0, 0.05) is 35.6 Å². The van der Waals surface area contributed by atoms with Crippen molar-refractivity contribution in [3.05, 3.63) is 81.4 Å². The van der Waals surface area contributed by atoms with Crippen LogP contribution >= 0.6 is 0 Å². The molecule has 0 saturated carbocycles. The number of aryl methyl sites for hydroxylation is 2. The monoisotopic (exact) mass is 473 g/mol. The fourth-order valence-corrected chi connectivity index (χ4v) is 4.30. The van der Waals surface area contributed by atoms with E-state index in [0.29, 0.717) is 17.1 Å². The van der Waals surface area contributed by atoms with Crippen molar-refractivity contribution in [1.82, 2.24) is 24.7 Å². The Kier molecular flexibility index (Phi) is 7.00. The van der Waals surface area contributed by atoms with Gasteiger partial charge in [0.25, 0.3) is 11.5 Å². The molecule has 2 N–H and O–H groups in total. The first kappa shape index (κ1) is 24.2. The molecule has 35 heavy (non-hydrogen) atoms. The number of methoxy groups -OCH3 is 1. The summed E-state index contributed by atoms with van der Waals surface area (Å²) in [6, 6.07) is 9.52. The van der Waals surface area contributed by atoms with Gasteiger partial charge in [0.1, 0.15) is 12.0 Å². The Bertz CT molecular complexity index is 1420. The molecule has 0 bridgehead atoms. The van der Waals surface area contributed by atoms with Gasteiger partial charge in [-0.2, -0.15) is 0 Å². The SMILES string of the molecule is CCCc1cc(C)[nH]c(=O)c1CNC(=O)c1cc(-c2ccc(OC)nc2)cc2c(C(C)C)ncn12. The first-order valence-corrected chi connectivity index (χ1v) is 11.8. The summed E-state index contributed by atoms with van der Waals surface area (Å²) in [6.07, 6.45) is 5.09. The summed E-state index contributed by atoms with van der Waals surface area (Å²) >= 11 is 0. The maximum Gasteiger partial charge on any atom is 0.268 e. The van der Waals surface area contributed by atoms with E-state index in [4.69, 9.17) is 4.74 Å². The van der Waals surface area contributed by atoms with Gasteiger partial charge in [0.05, 0.1) is 18.3 Å². The number of ether oxygens (including phenoxy) is 1. The predicted molar refractivity (Wildman–Crippen MR) is 136 cm³/mol. The number of amides is 1. The third kappa shape index (κ3) is 4.96. The largest absolute Gasteiger partial charge is 0.481 e. The van der Waals surface area contributed by atoms with Crippen LogP contribution in [-0.4, -0.2) is 32.4 Å². The standard InChI is InChI=1S/C27H31N5O3/c1-6-7-18-10-17(4)31-26(33)21(18)14-29-27(34)23-12-20(19-8-9-24(35-5)28-13-19)11-22-25(16(2)3)30-15-32(22)23/h8-13,15-16H,6-7,14H2,1-5H3,(H,29,34)(H,31,33). The highest BCUT2D eigenvalue weighted by molar-refractivity contribution is 5.95. The zero-order valence-corrected chi connectivity index (χ0v) is 20.8. The molecular weight excluding hydrogens is 442 g/mol. The molecule has 0 radical (unpaired) electrons. The predicted octanol–water partition coefficient (Wildman–Crippen LogP) is 4.41. The first-order chi connectivity index (χ1) is 16.8. The van der Waals surface area contributed by atoms with Gasteiger partial charge in [-0.25, -0.2) is 9.97 Å². The number of fused-ring (bicyclic) bond motifs is 1. The molecule has 4 aromatic heterocycles. The quantitative estimate of drug-likeness (QED) is 0.395. The molecule has 0 atom stereocenters. The van der Waals surface area contributed by atoms with Gasteiger partial charge in [-0.15, -0.1) is 0 Å². The summed E-state index contributed by atoms with van der Waals surface area (Å²) < 4.78 is 6.98. The van der Waals surface area contributed by atoms with E-state index in [1.165, 1.54) is 0 Å². The Morgan fingerprint density at radius 3 is 2.63 bits per heavy atom. The number of pyridine rings is 3. The van der Waals surface area contributed by atoms with Crippen LogP contribution in [0, 0.1) is 6.92 Å². The number of carbonyl (C=O) groups is 1. The van der Waals surface area contributed by atoms with E-state index in [1.807, 2.05) is 31.2 Å².